The van der Waals surface area contributed by atoms with Gasteiger partial charge >= 0.3 is 5.69 Å². The smallest absolute Gasteiger partial charge is 0.337 e. The summed E-state index contributed by atoms with van der Waals surface area (Å²) in [7, 11) is 0. The first-order valence-corrected chi connectivity index (χ1v) is 7.73. The van der Waals surface area contributed by atoms with Gasteiger partial charge in [0.2, 0.25) is 5.89 Å². The molecular weight excluding hydrogens is 320 g/mol. The maximum Gasteiger partial charge on any atom is 0.368 e. The van der Waals surface area contributed by atoms with E-state index in [-0.39, 0.29) is 12.2 Å². The monoisotopic (exact) mass is 334 g/mol. The van der Waals surface area contributed by atoms with Crippen LogP contribution < -0.4 is 5.69 Å². The van der Waals surface area contributed by atoms with Crippen LogP contribution in [-0.4, -0.2) is 29.9 Å². The van der Waals surface area contributed by atoms with E-state index in [1.807, 2.05) is 48.5 Å². The van der Waals surface area contributed by atoms with E-state index in [1.165, 1.54) is 9.36 Å². The molecular formula is C17H14N6O2. The topological polar surface area (TPSA) is 91.6 Å². The molecule has 0 atom stereocenters. The van der Waals surface area contributed by atoms with Gasteiger partial charge in [-0.15, -0.1) is 0 Å². The first kappa shape index (κ1) is 15.0. The van der Waals surface area contributed by atoms with Crippen LogP contribution in [0.15, 0.2) is 70.0 Å². The number of benzene rings is 2. The molecule has 4 aromatic rings. The molecule has 2 heterocycles. The lowest BCUT2D eigenvalue weighted by atomic mass is 10.1. The summed E-state index contributed by atoms with van der Waals surface area (Å²) in [4.78, 5) is 16.7. The third kappa shape index (κ3) is 3.23. The molecule has 8 nitrogen and oxygen atoms in total. The van der Waals surface area contributed by atoms with E-state index in [9.17, 15) is 4.79 Å². The number of tetrazole rings is 1. The Balaban J connectivity index is 1.52. The molecule has 0 aliphatic carbocycles. The number of hydrogen-bond acceptors (Lipinski definition) is 6. The van der Waals surface area contributed by atoms with Gasteiger partial charge in [-0.3, -0.25) is 0 Å². The molecule has 0 radical (unpaired) electrons. The van der Waals surface area contributed by atoms with Gasteiger partial charge in [-0.25, -0.2) is 4.79 Å². The summed E-state index contributed by atoms with van der Waals surface area (Å²) in [6.45, 7) is 0.0768. The predicted molar refractivity (Wildman–Crippen MR) is 88.3 cm³/mol. The summed E-state index contributed by atoms with van der Waals surface area (Å²) in [5, 5.41) is 11.7. The Morgan fingerprint density at radius 3 is 2.40 bits per heavy atom. The Hall–Kier alpha value is -3.55. The minimum absolute atomic E-state index is 0.0768. The molecule has 0 spiro atoms. The molecule has 0 bridgehead atoms. The standard InChI is InChI=1S/C17H14N6O2/c24-17-22(20-21-23(17)14-9-5-2-6-10-14)12-16-18-15(19-25-16)11-13-7-3-1-4-8-13/h1-10H,11-12H2. The van der Waals surface area contributed by atoms with E-state index in [2.05, 4.69) is 20.6 Å². The average molecular weight is 334 g/mol. The van der Waals surface area contributed by atoms with Crippen molar-refractivity contribution in [1.29, 1.82) is 0 Å². The molecule has 124 valence electrons. The van der Waals surface area contributed by atoms with Gasteiger partial charge in [0.05, 0.1) is 5.69 Å². The van der Waals surface area contributed by atoms with E-state index in [1.54, 1.807) is 12.1 Å². The van der Waals surface area contributed by atoms with Crippen LogP contribution in [0.1, 0.15) is 17.3 Å². The molecule has 0 unspecified atom stereocenters. The molecule has 2 aromatic carbocycles. The van der Waals surface area contributed by atoms with Crippen LogP contribution in [0.2, 0.25) is 0 Å². The normalized spacial score (nSPS) is 10.9. The SMILES string of the molecule is O=c1n(Cc2nc(Cc3ccccc3)no2)nnn1-c1ccccc1. The number of nitrogens with zero attached hydrogens (tertiary/aromatic N) is 6. The van der Waals surface area contributed by atoms with Crippen molar-refractivity contribution >= 4 is 0 Å². The average Bonchev–Trinajstić information content (AvgIpc) is 3.24. The van der Waals surface area contributed by atoms with E-state index in [0.29, 0.717) is 23.8 Å². The minimum Gasteiger partial charge on any atom is -0.337 e. The Morgan fingerprint density at radius 1 is 0.920 bits per heavy atom. The Labute approximate surface area is 142 Å². The fraction of sp³-hybridized carbons (Fsp3) is 0.118. The first-order chi connectivity index (χ1) is 12.3. The highest BCUT2D eigenvalue weighted by Crippen LogP contribution is 2.07. The molecule has 0 aliphatic heterocycles. The molecule has 4 rings (SSSR count). The van der Waals surface area contributed by atoms with Gasteiger partial charge in [-0.2, -0.15) is 14.3 Å². The van der Waals surface area contributed by atoms with Crippen molar-refractivity contribution in [1.82, 2.24) is 29.9 Å². The van der Waals surface area contributed by atoms with Gasteiger partial charge < -0.3 is 4.52 Å². The van der Waals surface area contributed by atoms with Crippen molar-refractivity contribution in [3.8, 4) is 5.69 Å². The van der Waals surface area contributed by atoms with Crippen molar-refractivity contribution < 1.29 is 4.52 Å². The number of hydrogen-bond donors (Lipinski definition) is 0. The lowest BCUT2D eigenvalue weighted by molar-refractivity contribution is 0.359. The largest absolute Gasteiger partial charge is 0.368 e. The summed E-state index contributed by atoms with van der Waals surface area (Å²) in [6, 6.07) is 18.9. The van der Waals surface area contributed by atoms with Crippen LogP contribution in [-0.2, 0) is 13.0 Å². The maximum atomic E-state index is 12.4. The zero-order chi connectivity index (χ0) is 17.1. The summed E-state index contributed by atoms with van der Waals surface area (Å²) in [5.74, 6) is 0.873. The zero-order valence-electron chi connectivity index (χ0n) is 13.2. The van der Waals surface area contributed by atoms with Crippen LogP contribution in [0.4, 0.5) is 0 Å². The molecule has 0 saturated carbocycles. The fourth-order valence-electron chi connectivity index (χ4n) is 2.44. The van der Waals surface area contributed by atoms with E-state index < -0.39 is 0 Å². The maximum absolute atomic E-state index is 12.4. The lowest BCUT2D eigenvalue weighted by Crippen LogP contribution is -2.24. The number of rotatable bonds is 5. The molecule has 25 heavy (non-hydrogen) atoms. The zero-order valence-corrected chi connectivity index (χ0v) is 13.2. The summed E-state index contributed by atoms with van der Waals surface area (Å²) < 4.78 is 7.62. The Bertz CT molecular complexity index is 1020. The minimum atomic E-state index is -0.367. The third-order valence-corrected chi connectivity index (χ3v) is 3.64. The third-order valence-electron chi connectivity index (χ3n) is 3.64. The van der Waals surface area contributed by atoms with E-state index >= 15 is 0 Å². The van der Waals surface area contributed by atoms with Crippen molar-refractivity contribution in [2.24, 2.45) is 0 Å². The van der Waals surface area contributed by atoms with Crippen molar-refractivity contribution in [2.45, 2.75) is 13.0 Å². The Kier molecular flexibility index (Phi) is 3.91. The molecule has 8 heteroatoms. The fourth-order valence-corrected chi connectivity index (χ4v) is 2.44. The van der Waals surface area contributed by atoms with E-state index in [0.717, 1.165) is 5.56 Å². The quantitative estimate of drug-likeness (QED) is 0.548. The van der Waals surface area contributed by atoms with Gasteiger partial charge in [-0.05, 0) is 28.1 Å². The molecule has 0 N–H and O–H groups in total. The van der Waals surface area contributed by atoms with Crippen LogP contribution in [0, 0.1) is 0 Å². The van der Waals surface area contributed by atoms with E-state index in [4.69, 9.17) is 4.52 Å². The van der Waals surface area contributed by atoms with Gasteiger partial charge in [0.25, 0.3) is 0 Å². The van der Waals surface area contributed by atoms with Crippen LogP contribution in [0.3, 0.4) is 0 Å². The van der Waals surface area contributed by atoms with Crippen LogP contribution in [0.5, 0.6) is 0 Å². The van der Waals surface area contributed by atoms with Crippen molar-refractivity contribution in [3.05, 3.63) is 88.4 Å². The van der Waals surface area contributed by atoms with Gasteiger partial charge in [0.1, 0.15) is 6.54 Å². The Morgan fingerprint density at radius 2 is 1.64 bits per heavy atom. The highest BCUT2D eigenvalue weighted by Gasteiger charge is 2.13. The van der Waals surface area contributed by atoms with Gasteiger partial charge in [0, 0.05) is 6.42 Å². The van der Waals surface area contributed by atoms with Crippen LogP contribution in [0.25, 0.3) is 5.69 Å². The molecule has 0 fully saturated rings. The highest BCUT2D eigenvalue weighted by atomic mass is 16.5. The first-order valence-electron chi connectivity index (χ1n) is 7.73. The number of para-hydroxylation sites is 1. The second kappa shape index (κ2) is 6.52. The summed E-state index contributed by atoms with van der Waals surface area (Å²) in [5.41, 5.74) is 1.37. The second-order valence-electron chi connectivity index (χ2n) is 5.43. The predicted octanol–water partition coefficient (Wildman–Crippen LogP) is 1.45. The van der Waals surface area contributed by atoms with Crippen LogP contribution >= 0.6 is 0 Å². The number of aromatic nitrogens is 6. The van der Waals surface area contributed by atoms with Crippen molar-refractivity contribution in [2.75, 3.05) is 0 Å². The lowest BCUT2D eigenvalue weighted by Gasteiger charge is -1.96. The van der Waals surface area contributed by atoms with Crippen molar-refractivity contribution in [3.63, 3.8) is 0 Å². The second-order valence-corrected chi connectivity index (χ2v) is 5.43. The highest BCUT2D eigenvalue weighted by molar-refractivity contribution is 5.28. The molecule has 0 aliphatic rings. The molecule has 2 aromatic heterocycles. The summed E-state index contributed by atoms with van der Waals surface area (Å²) in [6.07, 6.45) is 0.565. The van der Waals surface area contributed by atoms with Gasteiger partial charge in [0.15, 0.2) is 5.82 Å². The summed E-state index contributed by atoms with van der Waals surface area (Å²) >= 11 is 0. The van der Waals surface area contributed by atoms with Gasteiger partial charge in [-0.1, -0.05) is 53.7 Å². The molecule has 0 amide bonds. The molecule has 0 saturated heterocycles.